The first kappa shape index (κ1) is 10.5. The van der Waals surface area contributed by atoms with Crippen LogP contribution in [0.5, 0.6) is 0 Å². The molecule has 0 aromatic carbocycles. The number of nitrogens with zero attached hydrogens (tertiary/aromatic N) is 3. The van der Waals surface area contributed by atoms with E-state index in [-0.39, 0.29) is 11.6 Å². The molecule has 1 fully saturated rings. The van der Waals surface area contributed by atoms with Crippen LogP contribution in [0.1, 0.15) is 44.6 Å². The number of hydrogen-bond donors (Lipinski definition) is 1. The van der Waals surface area contributed by atoms with Crippen molar-refractivity contribution in [2.24, 2.45) is 0 Å². The van der Waals surface area contributed by atoms with Crippen molar-refractivity contribution in [1.29, 1.82) is 0 Å². The van der Waals surface area contributed by atoms with Crippen LogP contribution in [-0.2, 0) is 0 Å². The molecule has 0 amide bonds. The number of aromatic amines is 1. The second-order valence-electron chi connectivity index (χ2n) is 4.74. The predicted octanol–water partition coefficient (Wildman–Crippen LogP) is 2.01. The third-order valence-corrected chi connectivity index (χ3v) is 3.58. The minimum absolute atomic E-state index is 0.0353. The summed E-state index contributed by atoms with van der Waals surface area (Å²) in [5.41, 5.74) is 0.538. The Labute approximate surface area is 98.8 Å². The van der Waals surface area contributed by atoms with Crippen LogP contribution in [0.15, 0.2) is 17.2 Å². The average Bonchev–Trinajstić information content (AvgIpc) is 2.66. The molecule has 0 atom stereocenters. The zero-order chi connectivity index (χ0) is 11.7. The van der Waals surface area contributed by atoms with E-state index < -0.39 is 0 Å². The van der Waals surface area contributed by atoms with Gasteiger partial charge in [-0.3, -0.25) is 9.89 Å². The molecule has 1 aliphatic carbocycles. The Morgan fingerprint density at radius 3 is 2.71 bits per heavy atom. The maximum atomic E-state index is 12.2. The van der Waals surface area contributed by atoms with Gasteiger partial charge in [0.2, 0.25) is 0 Å². The summed E-state index contributed by atoms with van der Waals surface area (Å²) in [7, 11) is 0. The van der Waals surface area contributed by atoms with Gasteiger partial charge in [0.1, 0.15) is 5.52 Å². The summed E-state index contributed by atoms with van der Waals surface area (Å²) in [6, 6.07) is 0.262. The highest BCUT2D eigenvalue weighted by Gasteiger charge is 2.17. The Hall–Kier alpha value is -1.65. The second kappa shape index (κ2) is 4.31. The lowest BCUT2D eigenvalue weighted by atomic mass is 10.1. The van der Waals surface area contributed by atoms with Crippen molar-refractivity contribution in [3.63, 3.8) is 0 Å². The molecule has 0 bridgehead atoms. The summed E-state index contributed by atoms with van der Waals surface area (Å²) in [5.74, 6) is 0. The number of nitrogens with one attached hydrogen (secondary N) is 1. The number of fused-ring (bicyclic) bond motifs is 1. The van der Waals surface area contributed by atoms with Crippen molar-refractivity contribution in [2.45, 2.75) is 44.6 Å². The van der Waals surface area contributed by atoms with Crippen LogP contribution >= 0.6 is 0 Å². The van der Waals surface area contributed by atoms with Crippen molar-refractivity contribution in [2.75, 3.05) is 0 Å². The minimum atomic E-state index is -0.0353. The molecular weight excluding hydrogens is 216 g/mol. The Morgan fingerprint density at radius 2 is 1.94 bits per heavy atom. The van der Waals surface area contributed by atoms with Gasteiger partial charge >= 0.3 is 0 Å². The average molecular weight is 232 g/mol. The van der Waals surface area contributed by atoms with Crippen molar-refractivity contribution >= 4 is 10.9 Å². The largest absolute Gasteiger partial charge is 0.292 e. The molecule has 1 aliphatic rings. The first-order chi connectivity index (χ1) is 8.36. The first-order valence-electron chi connectivity index (χ1n) is 6.27. The van der Waals surface area contributed by atoms with Gasteiger partial charge in [-0.05, 0) is 12.8 Å². The molecule has 1 N–H and O–H groups in total. The van der Waals surface area contributed by atoms with E-state index in [2.05, 4.69) is 15.3 Å². The monoisotopic (exact) mass is 232 g/mol. The standard InChI is InChI=1S/C12H16N4O/c17-12-11-9(7-13-15-11)8-14-16(12)10-5-3-1-2-4-6-10/h7-8,10H,1-6H2,(H,13,15). The fraction of sp³-hybridized carbons (Fsp3) is 0.583. The van der Waals surface area contributed by atoms with Gasteiger partial charge in [-0.2, -0.15) is 10.2 Å². The highest BCUT2D eigenvalue weighted by molar-refractivity contribution is 5.75. The van der Waals surface area contributed by atoms with E-state index in [0.29, 0.717) is 5.52 Å². The smallest absolute Gasteiger partial charge is 0.272 e. The van der Waals surface area contributed by atoms with Gasteiger partial charge in [-0.15, -0.1) is 0 Å². The number of rotatable bonds is 1. The molecule has 90 valence electrons. The van der Waals surface area contributed by atoms with Crippen molar-refractivity contribution < 1.29 is 0 Å². The lowest BCUT2D eigenvalue weighted by Gasteiger charge is -2.15. The zero-order valence-corrected chi connectivity index (χ0v) is 9.72. The molecular formula is C12H16N4O. The molecule has 0 spiro atoms. The number of hydrogen-bond acceptors (Lipinski definition) is 3. The van der Waals surface area contributed by atoms with Gasteiger partial charge in [0.15, 0.2) is 0 Å². The first-order valence-corrected chi connectivity index (χ1v) is 6.27. The van der Waals surface area contributed by atoms with E-state index in [1.165, 1.54) is 25.7 Å². The molecule has 1 saturated carbocycles. The van der Waals surface area contributed by atoms with Crippen LogP contribution < -0.4 is 5.56 Å². The SMILES string of the molecule is O=c1c2[nH]ncc2cnn1C1CCCCCC1. The fourth-order valence-electron chi connectivity index (χ4n) is 2.62. The molecule has 2 heterocycles. The van der Waals surface area contributed by atoms with Gasteiger partial charge in [-0.25, -0.2) is 4.68 Å². The minimum Gasteiger partial charge on any atom is -0.272 e. The van der Waals surface area contributed by atoms with Gasteiger partial charge in [0.25, 0.3) is 5.56 Å². The van der Waals surface area contributed by atoms with Crippen LogP contribution in [0, 0.1) is 0 Å². The lowest BCUT2D eigenvalue weighted by Crippen LogP contribution is -2.27. The normalized spacial score (nSPS) is 18.4. The number of aromatic nitrogens is 4. The van der Waals surface area contributed by atoms with Crippen molar-refractivity contribution in [1.82, 2.24) is 20.0 Å². The molecule has 5 nitrogen and oxygen atoms in total. The molecule has 2 aromatic heterocycles. The summed E-state index contributed by atoms with van der Waals surface area (Å²) < 4.78 is 1.64. The molecule has 0 aliphatic heterocycles. The van der Waals surface area contributed by atoms with Gasteiger partial charge in [0.05, 0.1) is 18.4 Å². The lowest BCUT2D eigenvalue weighted by molar-refractivity contribution is 0.390. The van der Waals surface area contributed by atoms with Crippen molar-refractivity contribution in [3.8, 4) is 0 Å². The topological polar surface area (TPSA) is 63.6 Å². The van der Waals surface area contributed by atoms with Crippen LogP contribution in [-0.4, -0.2) is 20.0 Å². The summed E-state index contributed by atoms with van der Waals surface area (Å²) >= 11 is 0. The second-order valence-corrected chi connectivity index (χ2v) is 4.74. The number of H-pyrrole nitrogens is 1. The highest BCUT2D eigenvalue weighted by Crippen LogP contribution is 2.25. The summed E-state index contributed by atoms with van der Waals surface area (Å²) in [6.07, 6.45) is 10.4. The van der Waals surface area contributed by atoms with Crippen molar-refractivity contribution in [3.05, 3.63) is 22.7 Å². The zero-order valence-electron chi connectivity index (χ0n) is 9.72. The molecule has 17 heavy (non-hydrogen) atoms. The molecule has 0 unspecified atom stereocenters. The molecule has 3 rings (SSSR count). The third-order valence-electron chi connectivity index (χ3n) is 3.58. The van der Waals surface area contributed by atoms with E-state index in [1.54, 1.807) is 17.1 Å². The third kappa shape index (κ3) is 1.85. The summed E-state index contributed by atoms with van der Waals surface area (Å²) in [5, 5.41) is 11.7. The Balaban J connectivity index is 2.03. The molecule has 2 aromatic rings. The Morgan fingerprint density at radius 1 is 1.18 bits per heavy atom. The highest BCUT2D eigenvalue weighted by atomic mass is 16.1. The maximum Gasteiger partial charge on any atom is 0.292 e. The molecule has 0 saturated heterocycles. The van der Waals surface area contributed by atoms with Crippen LogP contribution in [0.3, 0.4) is 0 Å². The molecule has 5 heteroatoms. The van der Waals surface area contributed by atoms with Gasteiger partial charge < -0.3 is 0 Å². The van der Waals surface area contributed by atoms with E-state index in [1.807, 2.05) is 0 Å². The summed E-state index contributed by atoms with van der Waals surface area (Å²) in [4.78, 5) is 12.2. The fourth-order valence-corrected chi connectivity index (χ4v) is 2.62. The Bertz CT molecular complexity index is 563. The van der Waals surface area contributed by atoms with Crippen LogP contribution in [0.4, 0.5) is 0 Å². The molecule has 0 radical (unpaired) electrons. The quantitative estimate of drug-likeness (QED) is 0.765. The van der Waals surface area contributed by atoms with E-state index in [9.17, 15) is 4.79 Å². The van der Waals surface area contributed by atoms with Crippen LogP contribution in [0.25, 0.3) is 10.9 Å². The van der Waals surface area contributed by atoms with Gasteiger partial charge in [-0.1, -0.05) is 25.7 Å². The summed E-state index contributed by atoms with van der Waals surface area (Å²) in [6.45, 7) is 0. The van der Waals surface area contributed by atoms with E-state index >= 15 is 0 Å². The predicted molar refractivity (Wildman–Crippen MR) is 64.9 cm³/mol. The Kier molecular flexibility index (Phi) is 2.66. The van der Waals surface area contributed by atoms with E-state index in [4.69, 9.17) is 0 Å². The van der Waals surface area contributed by atoms with E-state index in [0.717, 1.165) is 18.2 Å². The van der Waals surface area contributed by atoms with Crippen LogP contribution in [0.2, 0.25) is 0 Å². The maximum absolute atomic E-state index is 12.2. The van der Waals surface area contributed by atoms with Gasteiger partial charge in [0, 0.05) is 5.39 Å².